The third-order valence-corrected chi connectivity index (χ3v) is 2.71. The van der Waals surface area contributed by atoms with Gasteiger partial charge in [0.15, 0.2) is 0 Å². The Bertz CT molecular complexity index is 620. The first-order chi connectivity index (χ1) is 9.16. The van der Waals surface area contributed by atoms with Crippen molar-refractivity contribution in [1.82, 2.24) is 5.43 Å². The van der Waals surface area contributed by atoms with Crippen LogP contribution in [0.4, 0.5) is 5.69 Å². The Hall–Kier alpha value is -2.62. The third kappa shape index (κ3) is 3.42. The van der Waals surface area contributed by atoms with Crippen LogP contribution in [0.25, 0.3) is 0 Å². The highest BCUT2D eigenvalue weighted by Crippen LogP contribution is 2.06. The fourth-order valence-corrected chi connectivity index (χ4v) is 1.64. The molecule has 0 aliphatic heterocycles. The van der Waals surface area contributed by atoms with Gasteiger partial charge in [0.25, 0.3) is 5.91 Å². The Balaban J connectivity index is 2.03. The van der Waals surface area contributed by atoms with Crippen molar-refractivity contribution < 1.29 is 4.79 Å². The average molecular weight is 253 g/mol. The van der Waals surface area contributed by atoms with Crippen molar-refractivity contribution in [2.45, 2.75) is 6.92 Å². The predicted octanol–water partition coefficient (Wildman–Crippen LogP) is 2.34. The van der Waals surface area contributed by atoms with Gasteiger partial charge >= 0.3 is 0 Å². The second-order valence-corrected chi connectivity index (χ2v) is 4.18. The van der Waals surface area contributed by atoms with Crippen molar-refractivity contribution in [2.24, 2.45) is 5.10 Å². The summed E-state index contributed by atoms with van der Waals surface area (Å²) in [6.07, 6.45) is 1.62. The van der Waals surface area contributed by atoms with E-state index in [4.69, 9.17) is 5.73 Å². The van der Waals surface area contributed by atoms with E-state index in [-0.39, 0.29) is 5.91 Å². The molecule has 0 aromatic heterocycles. The number of benzene rings is 2. The maximum Gasteiger partial charge on any atom is 0.271 e. The van der Waals surface area contributed by atoms with Crippen LogP contribution in [0.3, 0.4) is 0 Å². The van der Waals surface area contributed by atoms with Crippen LogP contribution < -0.4 is 11.2 Å². The summed E-state index contributed by atoms with van der Waals surface area (Å²) in [6.45, 7) is 1.99. The molecule has 0 aliphatic carbocycles. The van der Waals surface area contributed by atoms with Crippen LogP contribution >= 0.6 is 0 Å². The molecule has 4 heteroatoms. The summed E-state index contributed by atoms with van der Waals surface area (Å²) in [4.78, 5) is 11.8. The van der Waals surface area contributed by atoms with E-state index in [2.05, 4.69) is 10.5 Å². The molecule has 0 saturated carbocycles. The topological polar surface area (TPSA) is 67.5 Å². The Morgan fingerprint density at radius 3 is 2.74 bits per heavy atom. The molecule has 0 heterocycles. The number of aryl methyl sites for hydroxylation is 1. The fraction of sp³-hybridized carbons (Fsp3) is 0.0667. The number of nitrogens with two attached hydrogens (primary N) is 1. The lowest BCUT2D eigenvalue weighted by molar-refractivity contribution is 0.0955. The lowest BCUT2D eigenvalue weighted by Crippen LogP contribution is -2.17. The van der Waals surface area contributed by atoms with E-state index in [0.29, 0.717) is 11.3 Å². The van der Waals surface area contributed by atoms with Crippen molar-refractivity contribution in [3.63, 3.8) is 0 Å². The van der Waals surface area contributed by atoms with Gasteiger partial charge in [-0.25, -0.2) is 5.43 Å². The van der Waals surface area contributed by atoms with Crippen LogP contribution in [0.1, 0.15) is 21.5 Å². The minimum absolute atomic E-state index is 0.280. The molecule has 2 rings (SSSR count). The first-order valence-corrected chi connectivity index (χ1v) is 5.91. The van der Waals surface area contributed by atoms with Crippen molar-refractivity contribution in [1.29, 1.82) is 0 Å². The number of anilines is 1. The van der Waals surface area contributed by atoms with Crippen LogP contribution in [0.15, 0.2) is 53.6 Å². The lowest BCUT2D eigenvalue weighted by atomic mass is 10.1. The zero-order chi connectivity index (χ0) is 13.7. The van der Waals surface area contributed by atoms with Gasteiger partial charge in [-0.15, -0.1) is 0 Å². The van der Waals surface area contributed by atoms with E-state index >= 15 is 0 Å². The molecule has 0 unspecified atom stereocenters. The second kappa shape index (κ2) is 5.82. The van der Waals surface area contributed by atoms with E-state index in [0.717, 1.165) is 11.1 Å². The van der Waals surface area contributed by atoms with Gasteiger partial charge in [-0.3, -0.25) is 4.79 Å². The molecule has 1 amide bonds. The average Bonchev–Trinajstić information content (AvgIpc) is 2.41. The molecule has 0 bridgehead atoms. The second-order valence-electron chi connectivity index (χ2n) is 4.18. The highest BCUT2D eigenvalue weighted by molar-refractivity contribution is 5.95. The molecular weight excluding hydrogens is 238 g/mol. The quantitative estimate of drug-likeness (QED) is 0.501. The predicted molar refractivity (Wildman–Crippen MR) is 77.1 cm³/mol. The molecule has 0 spiro atoms. The van der Waals surface area contributed by atoms with Gasteiger partial charge in [0.2, 0.25) is 0 Å². The number of hydrazone groups is 1. The largest absolute Gasteiger partial charge is 0.399 e. The smallest absolute Gasteiger partial charge is 0.271 e. The molecule has 3 N–H and O–H groups in total. The molecular formula is C15H15N3O. The normalized spacial score (nSPS) is 10.6. The number of nitrogens with zero attached hydrogens (tertiary/aromatic N) is 1. The lowest BCUT2D eigenvalue weighted by Gasteiger charge is -2.01. The summed E-state index contributed by atoms with van der Waals surface area (Å²) < 4.78 is 0. The summed E-state index contributed by atoms with van der Waals surface area (Å²) in [5.74, 6) is -0.280. The van der Waals surface area contributed by atoms with Gasteiger partial charge in [-0.1, -0.05) is 30.3 Å². The molecule has 2 aromatic carbocycles. The molecule has 0 atom stereocenters. The van der Waals surface area contributed by atoms with Crippen molar-refractivity contribution in [3.05, 3.63) is 65.2 Å². The van der Waals surface area contributed by atoms with Crippen molar-refractivity contribution in [3.8, 4) is 0 Å². The number of carbonyl (C=O) groups is 1. The maximum atomic E-state index is 11.8. The Kier molecular flexibility index (Phi) is 3.93. The molecule has 96 valence electrons. The van der Waals surface area contributed by atoms with Crippen LogP contribution in [-0.4, -0.2) is 12.1 Å². The number of amides is 1. The van der Waals surface area contributed by atoms with Crippen LogP contribution in [0.5, 0.6) is 0 Å². The van der Waals surface area contributed by atoms with Gasteiger partial charge in [-0.05, 0) is 36.2 Å². The van der Waals surface area contributed by atoms with E-state index < -0.39 is 0 Å². The van der Waals surface area contributed by atoms with Crippen LogP contribution in [-0.2, 0) is 0 Å². The number of nitrogen functional groups attached to an aromatic ring is 1. The summed E-state index contributed by atoms with van der Waals surface area (Å²) in [5.41, 5.74) is 11.2. The highest BCUT2D eigenvalue weighted by atomic mass is 16.2. The molecule has 0 saturated heterocycles. The van der Waals surface area contributed by atoms with E-state index in [9.17, 15) is 4.79 Å². The summed E-state index contributed by atoms with van der Waals surface area (Å²) in [6, 6.07) is 14.6. The Morgan fingerprint density at radius 2 is 2.00 bits per heavy atom. The van der Waals surface area contributed by atoms with Gasteiger partial charge in [0, 0.05) is 11.3 Å². The SMILES string of the molecule is Cc1ccccc1/C=N\NC(=O)c1cccc(N)c1. The highest BCUT2D eigenvalue weighted by Gasteiger charge is 2.03. The molecule has 0 radical (unpaired) electrons. The summed E-state index contributed by atoms with van der Waals surface area (Å²) in [7, 11) is 0. The molecule has 19 heavy (non-hydrogen) atoms. The minimum atomic E-state index is -0.280. The van der Waals surface area contributed by atoms with Crippen LogP contribution in [0, 0.1) is 6.92 Å². The number of carbonyl (C=O) groups excluding carboxylic acids is 1. The number of hydrogen-bond acceptors (Lipinski definition) is 3. The van der Waals surface area contributed by atoms with Gasteiger partial charge in [0.05, 0.1) is 6.21 Å². The number of rotatable bonds is 3. The standard InChI is InChI=1S/C15H15N3O/c1-11-5-2-3-6-13(11)10-17-18-15(19)12-7-4-8-14(16)9-12/h2-10H,16H2,1H3,(H,18,19)/b17-10-. The first-order valence-electron chi connectivity index (χ1n) is 5.91. The summed E-state index contributed by atoms with van der Waals surface area (Å²) in [5, 5.41) is 3.94. The summed E-state index contributed by atoms with van der Waals surface area (Å²) >= 11 is 0. The Morgan fingerprint density at radius 1 is 1.21 bits per heavy atom. The molecule has 4 nitrogen and oxygen atoms in total. The monoisotopic (exact) mass is 253 g/mol. The van der Waals surface area contributed by atoms with E-state index in [1.807, 2.05) is 31.2 Å². The van der Waals surface area contributed by atoms with Crippen molar-refractivity contribution >= 4 is 17.8 Å². The molecule has 2 aromatic rings. The minimum Gasteiger partial charge on any atom is -0.399 e. The zero-order valence-corrected chi connectivity index (χ0v) is 10.6. The van der Waals surface area contributed by atoms with E-state index in [1.165, 1.54) is 0 Å². The van der Waals surface area contributed by atoms with Gasteiger partial charge in [-0.2, -0.15) is 5.10 Å². The van der Waals surface area contributed by atoms with E-state index in [1.54, 1.807) is 30.5 Å². The third-order valence-electron chi connectivity index (χ3n) is 2.71. The van der Waals surface area contributed by atoms with Gasteiger partial charge in [0.1, 0.15) is 0 Å². The number of nitrogens with one attached hydrogen (secondary N) is 1. The van der Waals surface area contributed by atoms with Crippen LogP contribution in [0.2, 0.25) is 0 Å². The molecule has 0 aliphatic rings. The fourth-order valence-electron chi connectivity index (χ4n) is 1.64. The van der Waals surface area contributed by atoms with Crippen molar-refractivity contribution in [2.75, 3.05) is 5.73 Å². The zero-order valence-electron chi connectivity index (χ0n) is 10.6. The first kappa shape index (κ1) is 12.8. The number of hydrogen-bond donors (Lipinski definition) is 2. The maximum absolute atomic E-state index is 11.8. The molecule has 0 fully saturated rings. The van der Waals surface area contributed by atoms with Gasteiger partial charge < -0.3 is 5.73 Å². The Labute approximate surface area is 112 Å².